The van der Waals surface area contributed by atoms with E-state index in [9.17, 15) is 0 Å². The largest absolute Gasteiger partial charge is 0.342 e. The second-order valence-corrected chi connectivity index (χ2v) is 2.26. The van der Waals surface area contributed by atoms with Crippen LogP contribution in [0.1, 0.15) is 5.89 Å². The number of aromatic nitrogens is 4. The molecule has 0 amide bonds. The van der Waals surface area contributed by atoms with Crippen molar-refractivity contribution < 1.29 is 9.36 Å². The summed E-state index contributed by atoms with van der Waals surface area (Å²) >= 11 is 0. The molecule has 3 N–H and O–H groups in total. The summed E-state index contributed by atoms with van der Waals surface area (Å²) in [4.78, 5) is 15.1. The minimum absolute atomic E-state index is 0.0910. The van der Waals surface area contributed by atoms with Gasteiger partial charge in [0.2, 0.25) is 5.82 Å². The van der Waals surface area contributed by atoms with Gasteiger partial charge in [-0.2, -0.15) is 4.98 Å². The maximum Gasteiger partial charge on any atom is 0.255 e. The van der Waals surface area contributed by atoms with E-state index in [2.05, 4.69) is 24.9 Å². The number of H-pyrrole nitrogens is 1. The lowest BCUT2D eigenvalue weighted by Crippen LogP contribution is -1.98. The molecule has 2 aromatic heterocycles. The quantitative estimate of drug-likeness (QED) is 0.638. The van der Waals surface area contributed by atoms with Crippen molar-refractivity contribution in [1.29, 1.82) is 0 Å². The summed E-state index contributed by atoms with van der Waals surface area (Å²) in [7, 11) is 0. The lowest BCUT2D eigenvalue weighted by molar-refractivity contribution is 0.0996. The Hall–Kier alpha value is -1.73. The van der Waals surface area contributed by atoms with E-state index in [1.54, 1.807) is 12.4 Å². The highest BCUT2D eigenvalue weighted by molar-refractivity contribution is 5.40. The number of imidazole rings is 1. The first-order valence-electron chi connectivity index (χ1n) is 3.54. The van der Waals surface area contributed by atoms with Gasteiger partial charge in [-0.3, -0.25) is 4.84 Å². The highest BCUT2D eigenvalue weighted by atomic mass is 16.6. The Balaban J connectivity index is 2.23. The minimum Gasteiger partial charge on any atom is -0.342 e. The Bertz CT molecular complexity index is 368. The standard InChI is InChI=1S/C6H7N5O2/c7-12-3-4-10-6(11-13-4)5-8-1-2-9-5/h1-2H,3,7H2,(H,8,9). The van der Waals surface area contributed by atoms with Crippen molar-refractivity contribution in [2.75, 3.05) is 0 Å². The molecule has 0 bridgehead atoms. The lowest BCUT2D eigenvalue weighted by Gasteiger charge is -1.86. The van der Waals surface area contributed by atoms with Crippen molar-refractivity contribution in [1.82, 2.24) is 20.1 Å². The van der Waals surface area contributed by atoms with Crippen molar-refractivity contribution in [2.45, 2.75) is 6.61 Å². The van der Waals surface area contributed by atoms with E-state index in [0.29, 0.717) is 17.5 Å². The third kappa shape index (κ3) is 1.55. The first-order chi connectivity index (χ1) is 6.40. The molecule has 0 aromatic carbocycles. The number of aromatic amines is 1. The number of hydrogen-bond donors (Lipinski definition) is 2. The molecular formula is C6H7N5O2. The normalized spacial score (nSPS) is 10.5. The minimum atomic E-state index is 0.0910. The molecule has 2 heterocycles. The number of nitrogens with zero attached hydrogens (tertiary/aromatic N) is 3. The summed E-state index contributed by atoms with van der Waals surface area (Å²) in [5.41, 5.74) is 0. The number of nitrogens with two attached hydrogens (primary N) is 1. The summed E-state index contributed by atoms with van der Waals surface area (Å²) in [5.74, 6) is 6.09. The maximum absolute atomic E-state index is 4.84. The predicted octanol–water partition coefficient (Wildman–Crippen LogP) is -0.150. The zero-order valence-corrected chi connectivity index (χ0v) is 6.60. The molecule has 0 saturated carbocycles. The van der Waals surface area contributed by atoms with E-state index in [-0.39, 0.29) is 6.61 Å². The molecule has 68 valence electrons. The number of rotatable bonds is 3. The highest BCUT2D eigenvalue weighted by Gasteiger charge is 2.09. The molecule has 0 spiro atoms. The van der Waals surface area contributed by atoms with Crippen LogP contribution in [0.5, 0.6) is 0 Å². The molecule has 0 aliphatic carbocycles. The van der Waals surface area contributed by atoms with Crippen LogP contribution in [0.25, 0.3) is 11.6 Å². The van der Waals surface area contributed by atoms with Gasteiger partial charge in [0.05, 0.1) is 0 Å². The van der Waals surface area contributed by atoms with Crippen molar-refractivity contribution in [2.24, 2.45) is 5.90 Å². The van der Waals surface area contributed by atoms with E-state index in [1.807, 2.05) is 0 Å². The summed E-state index contributed by atoms with van der Waals surface area (Å²) in [6, 6.07) is 0. The average molecular weight is 181 g/mol. The lowest BCUT2D eigenvalue weighted by atomic mass is 10.6. The smallest absolute Gasteiger partial charge is 0.255 e. The Morgan fingerprint density at radius 3 is 3.23 bits per heavy atom. The Labute approximate surface area is 72.9 Å². The van der Waals surface area contributed by atoms with Gasteiger partial charge in [0.25, 0.3) is 5.89 Å². The first kappa shape index (κ1) is 7.90. The molecule has 0 atom stereocenters. The molecule has 7 heteroatoms. The van der Waals surface area contributed by atoms with Gasteiger partial charge in [-0.15, -0.1) is 0 Å². The SMILES string of the molecule is NOCc1nc(-c2ncc[nH]2)no1. The molecule has 0 unspecified atom stereocenters. The number of hydrogen-bond acceptors (Lipinski definition) is 6. The Kier molecular flexibility index (Phi) is 2.02. The molecular weight excluding hydrogens is 174 g/mol. The van der Waals surface area contributed by atoms with Gasteiger partial charge in [-0.05, 0) is 0 Å². The fourth-order valence-corrected chi connectivity index (χ4v) is 0.869. The van der Waals surface area contributed by atoms with Gasteiger partial charge < -0.3 is 9.51 Å². The van der Waals surface area contributed by atoms with E-state index in [1.165, 1.54) is 0 Å². The van der Waals surface area contributed by atoms with E-state index in [0.717, 1.165) is 0 Å². The third-order valence-electron chi connectivity index (χ3n) is 1.38. The van der Waals surface area contributed by atoms with Gasteiger partial charge in [0.15, 0.2) is 5.82 Å². The van der Waals surface area contributed by atoms with Crippen molar-refractivity contribution >= 4 is 0 Å². The van der Waals surface area contributed by atoms with Gasteiger partial charge in [0.1, 0.15) is 6.61 Å². The molecule has 2 aromatic rings. The fourth-order valence-electron chi connectivity index (χ4n) is 0.869. The second kappa shape index (κ2) is 3.33. The van der Waals surface area contributed by atoms with Crippen LogP contribution in [0.3, 0.4) is 0 Å². The van der Waals surface area contributed by atoms with Crippen molar-refractivity contribution in [3.8, 4) is 11.6 Å². The molecule has 0 fully saturated rings. The number of nitrogens with one attached hydrogen (secondary N) is 1. The van der Waals surface area contributed by atoms with E-state index < -0.39 is 0 Å². The van der Waals surface area contributed by atoms with Gasteiger partial charge in [-0.1, -0.05) is 5.16 Å². The van der Waals surface area contributed by atoms with Gasteiger partial charge >= 0.3 is 0 Å². The van der Waals surface area contributed by atoms with Crippen LogP contribution in [0.4, 0.5) is 0 Å². The first-order valence-corrected chi connectivity index (χ1v) is 3.54. The summed E-state index contributed by atoms with van der Waals surface area (Å²) < 4.78 is 4.80. The second-order valence-electron chi connectivity index (χ2n) is 2.26. The Morgan fingerprint density at radius 1 is 1.62 bits per heavy atom. The van der Waals surface area contributed by atoms with Crippen molar-refractivity contribution in [3.63, 3.8) is 0 Å². The van der Waals surface area contributed by atoms with E-state index >= 15 is 0 Å². The molecule has 7 nitrogen and oxygen atoms in total. The zero-order chi connectivity index (χ0) is 9.10. The summed E-state index contributed by atoms with van der Waals surface area (Å²) in [5, 5.41) is 3.66. The molecule has 0 aliphatic heterocycles. The van der Waals surface area contributed by atoms with Crippen LogP contribution < -0.4 is 5.90 Å². The molecule has 13 heavy (non-hydrogen) atoms. The summed E-state index contributed by atoms with van der Waals surface area (Å²) in [6.07, 6.45) is 3.27. The van der Waals surface area contributed by atoms with Crippen LogP contribution in [0.2, 0.25) is 0 Å². The molecule has 0 saturated heterocycles. The zero-order valence-electron chi connectivity index (χ0n) is 6.60. The van der Waals surface area contributed by atoms with Crippen LogP contribution in [-0.2, 0) is 11.4 Å². The van der Waals surface area contributed by atoms with Gasteiger partial charge in [-0.25, -0.2) is 10.9 Å². The Morgan fingerprint density at radius 2 is 2.54 bits per heavy atom. The van der Waals surface area contributed by atoms with Crippen LogP contribution >= 0.6 is 0 Å². The van der Waals surface area contributed by atoms with Crippen molar-refractivity contribution in [3.05, 3.63) is 18.3 Å². The van der Waals surface area contributed by atoms with E-state index in [4.69, 9.17) is 10.4 Å². The average Bonchev–Trinajstić information content (AvgIpc) is 2.70. The fraction of sp³-hybridized carbons (Fsp3) is 0.167. The topological polar surface area (TPSA) is 103 Å². The third-order valence-corrected chi connectivity index (χ3v) is 1.38. The maximum atomic E-state index is 4.84. The highest BCUT2D eigenvalue weighted by Crippen LogP contribution is 2.09. The monoisotopic (exact) mass is 181 g/mol. The molecule has 2 rings (SSSR count). The van der Waals surface area contributed by atoms with Crippen LogP contribution in [0.15, 0.2) is 16.9 Å². The molecule has 0 radical (unpaired) electrons. The summed E-state index contributed by atoms with van der Waals surface area (Å²) in [6.45, 7) is 0.0910. The van der Waals surface area contributed by atoms with Crippen LogP contribution in [0, 0.1) is 0 Å². The van der Waals surface area contributed by atoms with Gasteiger partial charge in [0, 0.05) is 12.4 Å². The predicted molar refractivity (Wildman–Crippen MR) is 40.9 cm³/mol. The van der Waals surface area contributed by atoms with Crippen LogP contribution in [-0.4, -0.2) is 20.1 Å². The molecule has 0 aliphatic rings.